The van der Waals surface area contributed by atoms with Crippen molar-refractivity contribution >= 4 is 11.8 Å². The predicted octanol–water partition coefficient (Wildman–Crippen LogP) is 5.00. The van der Waals surface area contributed by atoms with E-state index in [1.165, 1.54) is 18.6 Å². The summed E-state index contributed by atoms with van der Waals surface area (Å²) in [7, 11) is 0. The SMILES string of the molecule is CCCNC1CCC(C)(C)CC1Sc1ccc(F)c(F)c1. The van der Waals surface area contributed by atoms with Gasteiger partial charge in [-0.2, -0.15) is 0 Å². The summed E-state index contributed by atoms with van der Waals surface area (Å²) in [6.45, 7) is 7.76. The van der Waals surface area contributed by atoms with Crippen LogP contribution in [0.4, 0.5) is 8.78 Å². The summed E-state index contributed by atoms with van der Waals surface area (Å²) in [4.78, 5) is 0.819. The first-order chi connectivity index (χ1) is 9.91. The second kappa shape index (κ2) is 7.10. The maximum Gasteiger partial charge on any atom is 0.159 e. The Bertz CT molecular complexity index is 476. The molecule has 1 aliphatic rings. The lowest BCUT2D eigenvalue weighted by Gasteiger charge is -2.41. The minimum atomic E-state index is -0.774. The highest BCUT2D eigenvalue weighted by molar-refractivity contribution is 8.00. The molecule has 2 rings (SSSR count). The van der Waals surface area contributed by atoms with Gasteiger partial charge in [0.1, 0.15) is 0 Å². The van der Waals surface area contributed by atoms with Crippen LogP contribution >= 0.6 is 11.8 Å². The Morgan fingerprint density at radius 1 is 1.29 bits per heavy atom. The highest BCUT2D eigenvalue weighted by Gasteiger charge is 2.35. The molecule has 1 aromatic rings. The minimum absolute atomic E-state index is 0.320. The molecule has 4 heteroatoms. The van der Waals surface area contributed by atoms with Gasteiger partial charge in [0, 0.05) is 16.2 Å². The van der Waals surface area contributed by atoms with Crippen molar-refractivity contribution < 1.29 is 8.78 Å². The van der Waals surface area contributed by atoms with E-state index < -0.39 is 11.6 Å². The summed E-state index contributed by atoms with van der Waals surface area (Å²) in [6.07, 6.45) is 4.57. The predicted molar refractivity (Wildman–Crippen MR) is 85.7 cm³/mol. The van der Waals surface area contributed by atoms with Crippen molar-refractivity contribution in [1.29, 1.82) is 0 Å². The van der Waals surface area contributed by atoms with Crippen LogP contribution in [0.25, 0.3) is 0 Å². The smallest absolute Gasteiger partial charge is 0.159 e. The molecule has 1 N–H and O–H groups in total. The molecule has 0 saturated heterocycles. The van der Waals surface area contributed by atoms with Crippen LogP contribution in [0.15, 0.2) is 23.1 Å². The van der Waals surface area contributed by atoms with Crippen LogP contribution < -0.4 is 5.32 Å². The van der Waals surface area contributed by atoms with Crippen molar-refractivity contribution in [3.63, 3.8) is 0 Å². The topological polar surface area (TPSA) is 12.0 Å². The average molecular weight is 313 g/mol. The highest BCUT2D eigenvalue weighted by Crippen LogP contribution is 2.42. The number of thioether (sulfide) groups is 1. The fourth-order valence-electron chi connectivity index (χ4n) is 2.93. The van der Waals surface area contributed by atoms with Gasteiger partial charge in [0.25, 0.3) is 0 Å². The first kappa shape index (κ1) is 16.8. The lowest BCUT2D eigenvalue weighted by Crippen LogP contribution is -2.45. The maximum atomic E-state index is 13.4. The summed E-state index contributed by atoms with van der Waals surface area (Å²) in [6, 6.07) is 4.68. The molecule has 2 unspecified atom stereocenters. The molecule has 1 saturated carbocycles. The van der Waals surface area contributed by atoms with Crippen LogP contribution in [-0.4, -0.2) is 17.8 Å². The van der Waals surface area contributed by atoms with E-state index in [2.05, 4.69) is 26.1 Å². The molecule has 0 spiro atoms. The zero-order valence-corrected chi connectivity index (χ0v) is 13.9. The van der Waals surface area contributed by atoms with Gasteiger partial charge in [-0.15, -0.1) is 11.8 Å². The summed E-state index contributed by atoms with van der Waals surface area (Å²) in [5.74, 6) is -1.53. The summed E-state index contributed by atoms with van der Waals surface area (Å²) in [5.41, 5.74) is 0.320. The molecule has 1 fully saturated rings. The van der Waals surface area contributed by atoms with Crippen LogP contribution in [0.3, 0.4) is 0 Å². The molecule has 21 heavy (non-hydrogen) atoms. The van der Waals surface area contributed by atoms with Gasteiger partial charge in [-0.25, -0.2) is 8.78 Å². The molecule has 1 nitrogen and oxygen atoms in total. The fourth-order valence-corrected chi connectivity index (χ4v) is 4.53. The molecular formula is C17H25F2NS. The Hall–Kier alpha value is -0.610. The van der Waals surface area contributed by atoms with Crippen LogP contribution in [0, 0.1) is 17.0 Å². The lowest BCUT2D eigenvalue weighted by atomic mass is 9.75. The third kappa shape index (κ3) is 4.68. The number of benzene rings is 1. The minimum Gasteiger partial charge on any atom is -0.313 e. The van der Waals surface area contributed by atoms with Crippen molar-refractivity contribution in [2.75, 3.05) is 6.54 Å². The monoisotopic (exact) mass is 313 g/mol. The third-order valence-corrected chi connectivity index (χ3v) is 5.49. The van der Waals surface area contributed by atoms with E-state index >= 15 is 0 Å². The number of nitrogens with one attached hydrogen (secondary N) is 1. The van der Waals surface area contributed by atoms with Crippen molar-refractivity contribution in [3.05, 3.63) is 29.8 Å². The van der Waals surface area contributed by atoms with E-state index in [9.17, 15) is 8.78 Å². The molecule has 0 bridgehead atoms. The zero-order chi connectivity index (χ0) is 15.5. The van der Waals surface area contributed by atoms with Gasteiger partial charge in [-0.05, 0) is 55.8 Å². The Labute approximate surface area is 130 Å². The van der Waals surface area contributed by atoms with E-state index in [-0.39, 0.29) is 0 Å². The molecular weight excluding hydrogens is 288 g/mol. The van der Waals surface area contributed by atoms with E-state index in [0.717, 1.165) is 30.7 Å². The maximum absolute atomic E-state index is 13.4. The van der Waals surface area contributed by atoms with Crippen LogP contribution in [0.2, 0.25) is 0 Å². The molecule has 1 aromatic carbocycles. The lowest BCUT2D eigenvalue weighted by molar-refractivity contribution is 0.214. The van der Waals surface area contributed by atoms with Gasteiger partial charge in [0.2, 0.25) is 0 Å². The van der Waals surface area contributed by atoms with Crippen molar-refractivity contribution in [1.82, 2.24) is 5.32 Å². The van der Waals surface area contributed by atoms with Crippen LogP contribution in [0.1, 0.15) is 46.5 Å². The average Bonchev–Trinajstić information content (AvgIpc) is 2.41. The third-order valence-electron chi connectivity index (χ3n) is 4.17. The van der Waals surface area contributed by atoms with Crippen LogP contribution in [0.5, 0.6) is 0 Å². The van der Waals surface area contributed by atoms with Gasteiger partial charge < -0.3 is 5.32 Å². The van der Waals surface area contributed by atoms with E-state index in [4.69, 9.17) is 0 Å². The van der Waals surface area contributed by atoms with Crippen molar-refractivity contribution in [3.8, 4) is 0 Å². The molecule has 1 aliphatic carbocycles. The Balaban J connectivity index is 2.09. The summed E-state index contributed by atoms with van der Waals surface area (Å²) in [5, 5.41) is 4.02. The molecule has 0 aliphatic heterocycles. The first-order valence-electron chi connectivity index (χ1n) is 7.76. The Morgan fingerprint density at radius 2 is 2.05 bits per heavy atom. The molecule has 0 aromatic heterocycles. The van der Waals surface area contributed by atoms with Gasteiger partial charge in [0.05, 0.1) is 0 Å². The van der Waals surface area contributed by atoms with Gasteiger partial charge in [-0.1, -0.05) is 20.8 Å². The van der Waals surface area contributed by atoms with Gasteiger partial charge in [-0.3, -0.25) is 0 Å². The fraction of sp³-hybridized carbons (Fsp3) is 0.647. The van der Waals surface area contributed by atoms with E-state index in [0.29, 0.717) is 16.7 Å². The quantitative estimate of drug-likeness (QED) is 0.820. The number of hydrogen-bond acceptors (Lipinski definition) is 2. The van der Waals surface area contributed by atoms with Crippen LogP contribution in [-0.2, 0) is 0 Å². The molecule has 2 atom stereocenters. The Morgan fingerprint density at radius 3 is 2.71 bits per heavy atom. The van der Waals surface area contributed by atoms with Gasteiger partial charge in [0.15, 0.2) is 11.6 Å². The largest absolute Gasteiger partial charge is 0.313 e. The molecule has 118 valence electrons. The number of rotatable bonds is 5. The van der Waals surface area contributed by atoms with E-state index in [1.807, 2.05) is 0 Å². The summed E-state index contributed by atoms with van der Waals surface area (Å²) >= 11 is 1.68. The number of halogens is 2. The highest BCUT2D eigenvalue weighted by atomic mass is 32.2. The summed E-state index contributed by atoms with van der Waals surface area (Å²) < 4.78 is 26.4. The molecule has 0 radical (unpaired) electrons. The zero-order valence-electron chi connectivity index (χ0n) is 13.1. The second-order valence-electron chi connectivity index (χ2n) is 6.70. The van der Waals surface area contributed by atoms with E-state index in [1.54, 1.807) is 17.8 Å². The standard InChI is InChI=1S/C17H25F2NS/c1-4-9-20-15-7-8-17(2,3)11-16(15)21-12-5-6-13(18)14(19)10-12/h5-6,10,15-16,20H,4,7-9,11H2,1-3H3. The van der Waals surface area contributed by atoms with Gasteiger partial charge >= 0.3 is 0 Å². The first-order valence-corrected chi connectivity index (χ1v) is 8.64. The second-order valence-corrected chi connectivity index (χ2v) is 8.01. The van der Waals surface area contributed by atoms with Crippen molar-refractivity contribution in [2.45, 2.75) is 62.6 Å². The number of hydrogen-bond donors (Lipinski definition) is 1. The molecule has 0 heterocycles. The van der Waals surface area contributed by atoms with Crippen molar-refractivity contribution in [2.24, 2.45) is 5.41 Å². The normalized spacial score (nSPS) is 25.0. The molecule has 0 amide bonds. The Kier molecular flexibility index (Phi) is 5.67.